The monoisotopic (exact) mass is 1140 g/mol. The highest BCUT2D eigenvalue weighted by Crippen LogP contribution is 2.16. The molecular weight excluding hydrogens is 1010 g/mol. The van der Waals surface area contributed by atoms with E-state index in [1.54, 1.807) is 0 Å². The lowest BCUT2D eigenvalue weighted by molar-refractivity contribution is -0.167. The molecule has 470 valence electrons. The van der Waals surface area contributed by atoms with Gasteiger partial charge in [-0.25, -0.2) is 0 Å². The van der Waals surface area contributed by atoms with E-state index in [0.29, 0.717) is 19.3 Å². The molecule has 6 nitrogen and oxygen atoms in total. The molecule has 0 aromatic rings. The van der Waals surface area contributed by atoms with Crippen LogP contribution in [0, 0.1) is 0 Å². The molecule has 0 heterocycles. The lowest BCUT2D eigenvalue weighted by atomic mass is 10.0. The van der Waals surface area contributed by atoms with Gasteiger partial charge in [0.2, 0.25) is 0 Å². The summed E-state index contributed by atoms with van der Waals surface area (Å²) >= 11 is 0. The van der Waals surface area contributed by atoms with Crippen LogP contribution in [0.15, 0.2) is 109 Å². The molecule has 82 heavy (non-hydrogen) atoms. The first-order valence-corrected chi connectivity index (χ1v) is 34.9. The van der Waals surface area contributed by atoms with Crippen LogP contribution in [0.3, 0.4) is 0 Å². The minimum Gasteiger partial charge on any atom is -0.462 e. The summed E-state index contributed by atoms with van der Waals surface area (Å²) in [5.41, 5.74) is 0. The topological polar surface area (TPSA) is 78.9 Å². The molecule has 0 aromatic carbocycles. The smallest absolute Gasteiger partial charge is 0.306 e. The first kappa shape index (κ1) is 78.1. The predicted octanol–water partition coefficient (Wildman–Crippen LogP) is 24.2. The summed E-state index contributed by atoms with van der Waals surface area (Å²) in [5.74, 6) is -0.899. The van der Waals surface area contributed by atoms with Gasteiger partial charge in [-0.3, -0.25) is 14.4 Å². The Morgan fingerprint density at radius 1 is 0.256 bits per heavy atom. The van der Waals surface area contributed by atoms with Gasteiger partial charge < -0.3 is 14.2 Å². The zero-order chi connectivity index (χ0) is 59.2. The Kier molecular flexibility index (Phi) is 66.2. The Labute approximate surface area is 508 Å². The van der Waals surface area contributed by atoms with Crippen LogP contribution in [0.5, 0.6) is 0 Å². The first-order valence-electron chi connectivity index (χ1n) is 34.9. The fraction of sp³-hybridized carbons (Fsp3) is 0.724. The molecule has 0 rings (SSSR count). The summed E-state index contributed by atoms with van der Waals surface area (Å²) in [6.07, 6.45) is 95.3. The molecule has 0 N–H and O–H groups in total. The van der Waals surface area contributed by atoms with Crippen molar-refractivity contribution in [3.8, 4) is 0 Å². The summed E-state index contributed by atoms with van der Waals surface area (Å²) in [5, 5.41) is 0. The second kappa shape index (κ2) is 69.6. The minimum absolute atomic E-state index is 0.0867. The number of allylic oxidation sites excluding steroid dienone is 18. The molecule has 0 aliphatic carbocycles. The van der Waals surface area contributed by atoms with Crippen LogP contribution in [-0.2, 0) is 28.6 Å². The molecule has 0 amide bonds. The molecule has 0 bridgehead atoms. The highest BCUT2D eigenvalue weighted by molar-refractivity contribution is 5.71. The van der Waals surface area contributed by atoms with Crippen LogP contribution in [-0.4, -0.2) is 37.2 Å². The number of unbranched alkanes of at least 4 members (excludes halogenated alkanes) is 34. The molecule has 0 spiro atoms. The standard InChI is InChI=1S/C76H130O6/c1-4-7-10-13-16-19-22-25-28-31-33-35-36-37-38-39-40-42-43-45-48-51-54-57-60-63-66-69-75(78)81-72-73(71-80-74(77)68-65-62-59-56-53-50-47-30-27-24-21-18-15-12-9-6-3)82-76(79)70-67-64-61-58-55-52-49-46-44-41-34-32-29-26-23-20-17-14-11-8-5-2/h8,11,17,20-22,24-26,29-31,33-34,36-37,41,47,73H,4-7,9-10,12-16,18-19,23,27-28,32,35,38-40,42-46,48-72H2,1-3H3/b11-8-,20-17-,24-21-,25-22-,29-26-,33-31-,37-36-,41-34-,47-30-. The van der Waals surface area contributed by atoms with Gasteiger partial charge in [-0.1, -0.05) is 297 Å². The molecule has 0 saturated heterocycles. The average Bonchev–Trinajstić information content (AvgIpc) is 3.48. The van der Waals surface area contributed by atoms with Crippen molar-refractivity contribution >= 4 is 17.9 Å². The molecule has 0 radical (unpaired) electrons. The van der Waals surface area contributed by atoms with Crippen molar-refractivity contribution in [3.05, 3.63) is 109 Å². The van der Waals surface area contributed by atoms with Crippen LogP contribution in [0.25, 0.3) is 0 Å². The van der Waals surface area contributed by atoms with Gasteiger partial charge in [-0.2, -0.15) is 0 Å². The van der Waals surface area contributed by atoms with E-state index in [0.717, 1.165) is 128 Å². The summed E-state index contributed by atoms with van der Waals surface area (Å²) < 4.78 is 17.0. The highest BCUT2D eigenvalue weighted by Gasteiger charge is 2.19. The Morgan fingerprint density at radius 2 is 0.476 bits per heavy atom. The van der Waals surface area contributed by atoms with Gasteiger partial charge >= 0.3 is 17.9 Å². The number of hydrogen-bond donors (Lipinski definition) is 0. The van der Waals surface area contributed by atoms with E-state index in [2.05, 4.69) is 130 Å². The Morgan fingerprint density at radius 3 is 0.756 bits per heavy atom. The number of carbonyl (C=O) groups is 3. The van der Waals surface area contributed by atoms with E-state index in [1.807, 2.05) is 0 Å². The summed E-state index contributed by atoms with van der Waals surface area (Å²) in [6, 6.07) is 0. The third-order valence-corrected chi connectivity index (χ3v) is 15.0. The molecule has 0 aliphatic rings. The normalized spacial score (nSPS) is 12.8. The van der Waals surface area contributed by atoms with Crippen molar-refractivity contribution in [1.29, 1.82) is 0 Å². The average molecular weight is 1140 g/mol. The van der Waals surface area contributed by atoms with Crippen LogP contribution in [0.1, 0.15) is 335 Å². The summed E-state index contributed by atoms with van der Waals surface area (Å²) in [7, 11) is 0. The molecule has 1 unspecified atom stereocenters. The van der Waals surface area contributed by atoms with Crippen molar-refractivity contribution < 1.29 is 28.6 Å². The number of hydrogen-bond acceptors (Lipinski definition) is 6. The maximum atomic E-state index is 13.0. The van der Waals surface area contributed by atoms with Gasteiger partial charge in [0.15, 0.2) is 6.10 Å². The Balaban J connectivity index is 4.36. The lowest BCUT2D eigenvalue weighted by Crippen LogP contribution is -2.30. The van der Waals surface area contributed by atoms with E-state index >= 15 is 0 Å². The van der Waals surface area contributed by atoms with E-state index < -0.39 is 6.10 Å². The number of ether oxygens (including phenoxy) is 3. The number of carbonyl (C=O) groups excluding carboxylic acids is 3. The summed E-state index contributed by atoms with van der Waals surface area (Å²) in [4.78, 5) is 38.5. The minimum atomic E-state index is -0.793. The quantitative estimate of drug-likeness (QED) is 0.0261. The maximum absolute atomic E-state index is 13.0. The number of esters is 3. The predicted molar refractivity (Wildman–Crippen MR) is 357 cm³/mol. The zero-order valence-electron chi connectivity index (χ0n) is 54.0. The van der Waals surface area contributed by atoms with Crippen LogP contribution in [0.4, 0.5) is 0 Å². The maximum Gasteiger partial charge on any atom is 0.306 e. The van der Waals surface area contributed by atoms with Crippen molar-refractivity contribution in [1.82, 2.24) is 0 Å². The summed E-state index contributed by atoms with van der Waals surface area (Å²) in [6.45, 7) is 6.51. The highest BCUT2D eigenvalue weighted by atomic mass is 16.6. The first-order chi connectivity index (χ1) is 40.5. The molecule has 0 aromatic heterocycles. The van der Waals surface area contributed by atoms with Gasteiger partial charge in [0, 0.05) is 19.3 Å². The van der Waals surface area contributed by atoms with Gasteiger partial charge in [-0.15, -0.1) is 0 Å². The largest absolute Gasteiger partial charge is 0.462 e. The van der Waals surface area contributed by atoms with Crippen molar-refractivity contribution in [2.24, 2.45) is 0 Å². The molecular formula is C76H130O6. The van der Waals surface area contributed by atoms with Crippen LogP contribution in [0.2, 0.25) is 0 Å². The van der Waals surface area contributed by atoms with Crippen LogP contribution >= 0.6 is 0 Å². The SMILES string of the molecule is CC/C=C\C/C=C\C/C=C\C/C=C\CCCCCCCCCCC(=O)OC(COC(=O)CCCCCCC/C=C\C/C=C\CCCCCC)COC(=O)CCCCCCCCCCCCCC/C=C\C/C=C\C/C=C\CCCCCCC. The third-order valence-electron chi connectivity index (χ3n) is 15.0. The Bertz CT molecular complexity index is 1640. The van der Waals surface area contributed by atoms with Crippen molar-refractivity contribution in [3.63, 3.8) is 0 Å². The second-order valence-electron chi connectivity index (χ2n) is 23.1. The third kappa shape index (κ3) is 66.9. The molecule has 0 saturated carbocycles. The van der Waals surface area contributed by atoms with Crippen LogP contribution < -0.4 is 0 Å². The van der Waals surface area contributed by atoms with Gasteiger partial charge in [0.25, 0.3) is 0 Å². The molecule has 6 heteroatoms. The lowest BCUT2D eigenvalue weighted by Gasteiger charge is -2.18. The number of rotatable bonds is 63. The fourth-order valence-electron chi connectivity index (χ4n) is 9.77. The van der Waals surface area contributed by atoms with Gasteiger partial charge in [0.05, 0.1) is 0 Å². The van der Waals surface area contributed by atoms with E-state index in [4.69, 9.17) is 14.2 Å². The zero-order valence-corrected chi connectivity index (χ0v) is 54.0. The Hall–Kier alpha value is -3.93. The van der Waals surface area contributed by atoms with E-state index in [1.165, 1.54) is 167 Å². The van der Waals surface area contributed by atoms with Gasteiger partial charge in [0.1, 0.15) is 13.2 Å². The van der Waals surface area contributed by atoms with E-state index in [9.17, 15) is 14.4 Å². The fourth-order valence-corrected chi connectivity index (χ4v) is 9.77. The van der Waals surface area contributed by atoms with Crippen molar-refractivity contribution in [2.75, 3.05) is 13.2 Å². The molecule has 0 fully saturated rings. The second-order valence-corrected chi connectivity index (χ2v) is 23.1. The van der Waals surface area contributed by atoms with Gasteiger partial charge in [-0.05, 0) is 128 Å². The van der Waals surface area contributed by atoms with E-state index in [-0.39, 0.29) is 31.1 Å². The van der Waals surface area contributed by atoms with Crippen molar-refractivity contribution in [2.45, 2.75) is 341 Å². The molecule has 0 aliphatic heterocycles. The molecule has 1 atom stereocenters.